The molecule has 0 saturated heterocycles. The second-order valence-electron chi connectivity index (χ2n) is 4.37. The predicted molar refractivity (Wildman–Crippen MR) is 65.2 cm³/mol. The second kappa shape index (κ2) is 3.94. The number of fused-ring (bicyclic) bond motifs is 1. The van der Waals surface area contributed by atoms with Crippen molar-refractivity contribution in [3.8, 4) is 0 Å². The van der Waals surface area contributed by atoms with Gasteiger partial charge in [0.05, 0.1) is 16.2 Å². The van der Waals surface area contributed by atoms with Crippen LogP contribution in [0.25, 0.3) is 10.9 Å². The molecule has 0 spiro atoms. The van der Waals surface area contributed by atoms with E-state index in [9.17, 15) is 8.42 Å². The molecule has 1 aromatic heterocycles. The van der Waals surface area contributed by atoms with Gasteiger partial charge >= 0.3 is 0 Å². The highest BCUT2D eigenvalue weighted by atomic mass is 32.2. The quantitative estimate of drug-likeness (QED) is 0.892. The smallest absolute Gasteiger partial charge is 0.180 e. The van der Waals surface area contributed by atoms with Crippen molar-refractivity contribution in [3.63, 3.8) is 0 Å². The largest absolute Gasteiger partial charge is 0.360 e. The molecule has 3 nitrogen and oxygen atoms in total. The Hall–Kier alpha value is -1.29. The lowest BCUT2D eigenvalue weighted by Gasteiger charge is -2.07. The maximum atomic E-state index is 12.1. The first-order valence-corrected chi connectivity index (χ1v) is 6.95. The average molecular weight is 237 g/mol. The lowest BCUT2D eigenvalue weighted by atomic mass is 10.2. The van der Waals surface area contributed by atoms with Crippen molar-refractivity contribution < 1.29 is 8.42 Å². The Morgan fingerprint density at radius 1 is 1.25 bits per heavy atom. The first-order chi connectivity index (χ1) is 7.50. The van der Waals surface area contributed by atoms with Gasteiger partial charge in [0.25, 0.3) is 0 Å². The van der Waals surface area contributed by atoms with Crippen molar-refractivity contribution in [1.29, 1.82) is 0 Å². The van der Waals surface area contributed by atoms with E-state index in [1.807, 2.05) is 26.0 Å². The summed E-state index contributed by atoms with van der Waals surface area (Å²) in [4.78, 5) is 3.39. The van der Waals surface area contributed by atoms with Crippen LogP contribution in [0.4, 0.5) is 0 Å². The molecule has 0 atom stereocenters. The van der Waals surface area contributed by atoms with Gasteiger partial charge in [-0.2, -0.15) is 0 Å². The first kappa shape index (κ1) is 11.2. The maximum Gasteiger partial charge on any atom is 0.180 e. The summed E-state index contributed by atoms with van der Waals surface area (Å²) in [6.07, 6.45) is 1.76. The number of aromatic nitrogens is 1. The van der Waals surface area contributed by atoms with E-state index in [-0.39, 0.29) is 11.7 Å². The van der Waals surface area contributed by atoms with Crippen LogP contribution >= 0.6 is 0 Å². The van der Waals surface area contributed by atoms with E-state index in [1.165, 1.54) is 0 Å². The lowest BCUT2D eigenvalue weighted by molar-refractivity contribution is 0.583. The molecule has 0 aliphatic heterocycles. The van der Waals surface area contributed by atoms with Crippen molar-refractivity contribution in [2.75, 3.05) is 5.75 Å². The maximum absolute atomic E-state index is 12.1. The highest BCUT2D eigenvalue weighted by Gasteiger charge is 2.19. The molecule has 0 aliphatic carbocycles. The summed E-state index contributed by atoms with van der Waals surface area (Å²) in [5.41, 5.74) is 0.711. The normalized spacial score (nSPS) is 12.4. The summed E-state index contributed by atoms with van der Waals surface area (Å²) in [6.45, 7) is 3.82. The molecular formula is C12H15NO2S. The van der Waals surface area contributed by atoms with Crippen LogP contribution in [0.3, 0.4) is 0 Å². The summed E-state index contributed by atoms with van der Waals surface area (Å²) >= 11 is 0. The number of para-hydroxylation sites is 1. The van der Waals surface area contributed by atoms with Crippen LogP contribution in [0.2, 0.25) is 0 Å². The molecule has 1 heterocycles. The Kier molecular flexibility index (Phi) is 2.76. The van der Waals surface area contributed by atoms with Gasteiger partial charge in [-0.3, -0.25) is 0 Å². The molecule has 0 radical (unpaired) electrons. The summed E-state index contributed by atoms with van der Waals surface area (Å²) in [6, 6.07) is 7.23. The Morgan fingerprint density at radius 3 is 2.69 bits per heavy atom. The van der Waals surface area contributed by atoms with Gasteiger partial charge in [0.15, 0.2) is 9.84 Å². The van der Waals surface area contributed by atoms with E-state index in [4.69, 9.17) is 0 Å². The molecule has 2 aromatic rings. The van der Waals surface area contributed by atoms with Gasteiger partial charge in [-0.05, 0) is 18.1 Å². The molecule has 0 fully saturated rings. The SMILES string of the molecule is CC(C)CS(=O)(=O)c1cccc2cc[nH]c12. The van der Waals surface area contributed by atoms with Crippen LogP contribution < -0.4 is 0 Å². The fraction of sp³-hybridized carbons (Fsp3) is 0.333. The molecule has 1 N–H and O–H groups in total. The molecule has 86 valence electrons. The summed E-state index contributed by atoms with van der Waals surface area (Å²) in [5, 5.41) is 0.935. The Bertz CT molecular complexity index is 596. The summed E-state index contributed by atoms with van der Waals surface area (Å²) < 4.78 is 24.3. The first-order valence-electron chi connectivity index (χ1n) is 5.29. The Balaban J connectivity index is 2.59. The number of benzene rings is 1. The van der Waals surface area contributed by atoms with E-state index in [0.717, 1.165) is 5.39 Å². The number of rotatable bonds is 3. The van der Waals surface area contributed by atoms with Gasteiger partial charge in [0.2, 0.25) is 0 Å². The minimum atomic E-state index is -3.19. The van der Waals surface area contributed by atoms with Crippen LogP contribution in [0.5, 0.6) is 0 Å². The van der Waals surface area contributed by atoms with Gasteiger partial charge in [-0.1, -0.05) is 26.0 Å². The molecule has 16 heavy (non-hydrogen) atoms. The molecule has 0 aliphatic rings. The monoisotopic (exact) mass is 237 g/mol. The van der Waals surface area contributed by atoms with E-state index in [0.29, 0.717) is 10.4 Å². The fourth-order valence-electron chi connectivity index (χ4n) is 1.84. The van der Waals surface area contributed by atoms with Gasteiger partial charge in [0.1, 0.15) is 0 Å². The topological polar surface area (TPSA) is 49.9 Å². The summed E-state index contributed by atoms with van der Waals surface area (Å²) in [5.74, 6) is 0.320. The summed E-state index contributed by atoms with van der Waals surface area (Å²) in [7, 11) is -3.19. The highest BCUT2D eigenvalue weighted by molar-refractivity contribution is 7.91. The number of H-pyrrole nitrogens is 1. The van der Waals surface area contributed by atoms with E-state index < -0.39 is 9.84 Å². The van der Waals surface area contributed by atoms with E-state index in [2.05, 4.69) is 4.98 Å². The van der Waals surface area contributed by atoms with Gasteiger partial charge in [0, 0.05) is 11.6 Å². The standard InChI is InChI=1S/C12H15NO2S/c1-9(2)8-16(14,15)11-5-3-4-10-6-7-13-12(10)11/h3-7,9,13H,8H2,1-2H3. The zero-order valence-corrected chi connectivity index (χ0v) is 10.2. The van der Waals surface area contributed by atoms with Crippen LogP contribution in [0.15, 0.2) is 35.4 Å². The highest BCUT2D eigenvalue weighted by Crippen LogP contribution is 2.23. The van der Waals surface area contributed by atoms with Crippen molar-refractivity contribution in [2.45, 2.75) is 18.7 Å². The molecule has 2 rings (SSSR count). The minimum absolute atomic E-state index is 0.134. The van der Waals surface area contributed by atoms with Crippen molar-refractivity contribution in [1.82, 2.24) is 4.98 Å². The number of hydrogen-bond acceptors (Lipinski definition) is 2. The molecule has 0 saturated carbocycles. The van der Waals surface area contributed by atoms with Crippen LogP contribution in [-0.4, -0.2) is 19.2 Å². The van der Waals surface area contributed by atoms with Gasteiger partial charge in [-0.25, -0.2) is 8.42 Å². The Morgan fingerprint density at radius 2 is 2.00 bits per heavy atom. The third kappa shape index (κ3) is 1.97. The molecule has 0 bridgehead atoms. The molecule has 0 amide bonds. The number of sulfone groups is 1. The third-order valence-corrected chi connectivity index (χ3v) is 4.55. The lowest BCUT2D eigenvalue weighted by Crippen LogP contribution is -2.12. The fourth-order valence-corrected chi connectivity index (χ4v) is 3.67. The van der Waals surface area contributed by atoms with Crippen LogP contribution in [-0.2, 0) is 9.84 Å². The zero-order valence-electron chi connectivity index (χ0n) is 9.40. The number of aromatic amines is 1. The van der Waals surface area contributed by atoms with Crippen molar-refractivity contribution in [3.05, 3.63) is 30.5 Å². The van der Waals surface area contributed by atoms with Crippen molar-refractivity contribution >= 4 is 20.7 Å². The third-order valence-electron chi connectivity index (χ3n) is 2.44. The number of nitrogens with one attached hydrogen (secondary N) is 1. The van der Waals surface area contributed by atoms with E-state index >= 15 is 0 Å². The molecular weight excluding hydrogens is 222 g/mol. The van der Waals surface area contributed by atoms with E-state index in [1.54, 1.807) is 18.3 Å². The van der Waals surface area contributed by atoms with Gasteiger partial charge < -0.3 is 4.98 Å². The molecule has 0 unspecified atom stereocenters. The second-order valence-corrected chi connectivity index (χ2v) is 6.38. The van der Waals surface area contributed by atoms with Crippen LogP contribution in [0.1, 0.15) is 13.8 Å². The average Bonchev–Trinajstić information content (AvgIpc) is 2.62. The molecule has 4 heteroatoms. The van der Waals surface area contributed by atoms with Crippen molar-refractivity contribution in [2.24, 2.45) is 5.92 Å². The molecule has 1 aromatic carbocycles. The zero-order chi connectivity index (χ0) is 11.8. The van der Waals surface area contributed by atoms with Gasteiger partial charge in [-0.15, -0.1) is 0 Å². The predicted octanol–water partition coefficient (Wildman–Crippen LogP) is 2.60. The number of hydrogen-bond donors (Lipinski definition) is 1. The Labute approximate surface area is 95.4 Å². The minimum Gasteiger partial charge on any atom is -0.360 e. The van der Waals surface area contributed by atoms with Crippen LogP contribution in [0, 0.1) is 5.92 Å².